The fraction of sp³-hybridized carbons (Fsp3) is 0. The Bertz CT molecular complexity index is 1050. The van der Waals surface area contributed by atoms with Gasteiger partial charge in [-0.05, 0) is 12.1 Å². The monoisotopic (exact) mass is 374 g/mol. The molecular formula is C22H18N2O4+2. The molecule has 28 heavy (non-hydrogen) atoms. The molecule has 2 aromatic carbocycles. The highest BCUT2D eigenvalue weighted by atomic mass is 16.3. The molecule has 0 aliphatic heterocycles. The maximum atomic E-state index is 10.5. The van der Waals surface area contributed by atoms with Crippen LogP contribution in [-0.2, 0) is 0 Å². The number of nitrogens with zero attached hydrogens (tertiary/aromatic N) is 2. The van der Waals surface area contributed by atoms with E-state index in [4.69, 9.17) is 0 Å². The molecule has 0 saturated heterocycles. The fourth-order valence-electron chi connectivity index (χ4n) is 3.10. The number of phenolic OH excluding ortho intramolecular Hbond substituents is 4. The third-order valence-electron chi connectivity index (χ3n) is 4.46. The number of phenols is 4. The second kappa shape index (κ2) is 6.92. The molecule has 0 amide bonds. The summed E-state index contributed by atoms with van der Waals surface area (Å²) in [6, 6.07) is 16.4. The standard InChI is InChI=1S/C22H16N2O4/c25-19-13-17(23-7-3-1-4-8-23)21(27)11-15(19)16-12-22(28)18(14-20(16)26)24-9-5-2-6-10-24/h1-14H,(H2-2,25,26,27,28)/p+2. The molecule has 4 rings (SSSR count). The summed E-state index contributed by atoms with van der Waals surface area (Å²) in [7, 11) is 0. The van der Waals surface area contributed by atoms with Crippen LogP contribution in [0.2, 0.25) is 0 Å². The van der Waals surface area contributed by atoms with Crippen LogP contribution in [0, 0.1) is 0 Å². The van der Waals surface area contributed by atoms with Crippen molar-refractivity contribution < 1.29 is 29.6 Å². The van der Waals surface area contributed by atoms with Crippen molar-refractivity contribution in [2.24, 2.45) is 0 Å². The minimum atomic E-state index is -0.140. The number of benzene rings is 2. The first-order chi connectivity index (χ1) is 13.5. The number of hydrogen-bond donors (Lipinski definition) is 4. The summed E-state index contributed by atoms with van der Waals surface area (Å²) in [6.45, 7) is 0. The first-order valence-electron chi connectivity index (χ1n) is 8.60. The summed E-state index contributed by atoms with van der Waals surface area (Å²) in [4.78, 5) is 0. The summed E-state index contributed by atoms with van der Waals surface area (Å²) < 4.78 is 3.32. The van der Waals surface area contributed by atoms with Gasteiger partial charge in [-0.25, -0.2) is 0 Å². The molecule has 6 heteroatoms. The number of aromatic hydroxyl groups is 4. The zero-order chi connectivity index (χ0) is 19.7. The van der Waals surface area contributed by atoms with Crippen LogP contribution in [0.3, 0.4) is 0 Å². The predicted molar refractivity (Wildman–Crippen MR) is 102 cm³/mol. The van der Waals surface area contributed by atoms with Crippen molar-refractivity contribution in [2.75, 3.05) is 0 Å². The van der Waals surface area contributed by atoms with Crippen LogP contribution in [0.5, 0.6) is 23.0 Å². The van der Waals surface area contributed by atoms with Gasteiger partial charge < -0.3 is 20.4 Å². The van der Waals surface area contributed by atoms with Crippen molar-refractivity contribution in [1.29, 1.82) is 0 Å². The highest BCUT2D eigenvalue weighted by molar-refractivity contribution is 5.80. The van der Waals surface area contributed by atoms with Crippen molar-refractivity contribution >= 4 is 0 Å². The van der Waals surface area contributed by atoms with Crippen LogP contribution in [-0.4, -0.2) is 20.4 Å². The number of aromatic nitrogens is 2. The largest absolute Gasteiger partial charge is 0.507 e. The first kappa shape index (κ1) is 17.4. The second-order valence-corrected chi connectivity index (χ2v) is 6.28. The Labute approximate surface area is 161 Å². The zero-order valence-corrected chi connectivity index (χ0v) is 14.8. The summed E-state index contributed by atoms with van der Waals surface area (Å²) in [5, 5.41) is 41.9. The molecule has 0 saturated carbocycles. The summed E-state index contributed by atoms with van der Waals surface area (Å²) in [5.41, 5.74) is 1.19. The van der Waals surface area contributed by atoms with Gasteiger partial charge in [-0.3, -0.25) is 0 Å². The topological polar surface area (TPSA) is 88.7 Å². The maximum absolute atomic E-state index is 10.5. The Morgan fingerprint density at radius 2 is 0.786 bits per heavy atom. The average molecular weight is 374 g/mol. The molecule has 0 fully saturated rings. The Balaban J connectivity index is 1.82. The minimum absolute atomic E-state index is 0.0793. The molecule has 0 spiro atoms. The molecule has 0 aliphatic carbocycles. The van der Waals surface area contributed by atoms with Crippen molar-refractivity contribution in [3.8, 4) is 45.5 Å². The van der Waals surface area contributed by atoms with Crippen molar-refractivity contribution in [1.82, 2.24) is 0 Å². The van der Waals surface area contributed by atoms with Gasteiger partial charge in [0, 0.05) is 35.4 Å². The Hall–Kier alpha value is -4.06. The lowest BCUT2D eigenvalue weighted by Gasteiger charge is -2.10. The fourth-order valence-corrected chi connectivity index (χ4v) is 3.10. The summed E-state index contributed by atoms with van der Waals surface area (Å²) >= 11 is 0. The van der Waals surface area contributed by atoms with Gasteiger partial charge in [0.25, 0.3) is 11.4 Å². The number of pyridine rings is 2. The predicted octanol–water partition coefficient (Wildman–Crippen LogP) is 2.73. The van der Waals surface area contributed by atoms with E-state index in [-0.39, 0.29) is 34.1 Å². The van der Waals surface area contributed by atoms with Gasteiger partial charge in [0.15, 0.2) is 36.3 Å². The molecule has 2 heterocycles. The van der Waals surface area contributed by atoms with Crippen LogP contribution in [0.4, 0.5) is 0 Å². The molecule has 138 valence electrons. The Morgan fingerprint density at radius 1 is 0.429 bits per heavy atom. The Morgan fingerprint density at radius 3 is 1.14 bits per heavy atom. The van der Waals surface area contributed by atoms with E-state index < -0.39 is 0 Å². The lowest BCUT2D eigenvalue weighted by Crippen LogP contribution is -2.29. The summed E-state index contributed by atoms with van der Waals surface area (Å²) in [6.07, 6.45) is 6.96. The van der Waals surface area contributed by atoms with Gasteiger partial charge in [-0.2, -0.15) is 9.13 Å². The van der Waals surface area contributed by atoms with Gasteiger partial charge in [-0.1, -0.05) is 12.1 Å². The molecule has 2 aromatic heterocycles. The van der Waals surface area contributed by atoms with Crippen LogP contribution < -0.4 is 9.13 Å². The van der Waals surface area contributed by atoms with E-state index in [1.54, 1.807) is 58.2 Å². The van der Waals surface area contributed by atoms with E-state index in [0.29, 0.717) is 11.4 Å². The SMILES string of the molecule is Oc1cc(-[n+]2ccccc2)c(O)cc1-c1cc(O)c(-[n+]2ccccc2)cc1O. The van der Waals surface area contributed by atoms with E-state index >= 15 is 0 Å². The molecule has 0 atom stereocenters. The zero-order valence-electron chi connectivity index (χ0n) is 14.8. The quantitative estimate of drug-likeness (QED) is 0.328. The third kappa shape index (κ3) is 3.07. The number of rotatable bonds is 3. The van der Waals surface area contributed by atoms with E-state index in [2.05, 4.69) is 0 Å². The molecule has 6 nitrogen and oxygen atoms in total. The second-order valence-electron chi connectivity index (χ2n) is 6.28. The normalized spacial score (nSPS) is 10.7. The van der Waals surface area contributed by atoms with Crippen LogP contribution in [0.25, 0.3) is 22.5 Å². The van der Waals surface area contributed by atoms with Gasteiger partial charge >= 0.3 is 0 Å². The van der Waals surface area contributed by atoms with Crippen molar-refractivity contribution in [3.63, 3.8) is 0 Å². The Kier molecular flexibility index (Phi) is 4.29. The molecule has 0 aliphatic rings. The average Bonchev–Trinajstić information content (AvgIpc) is 2.72. The lowest BCUT2D eigenvalue weighted by molar-refractivity contribution is -0.596. The smallest absolute Gasteiger partial charge is 0.256 e. The molecule has 4 aromatic rings. The maximum Gasteiger partial charge on any atom is 0.256 e. The van der Waals surface area contributed by atoms with Gasteiger partial charge in [-0.15, -0.1) is 0 Å². The van der Waals surface area contributed by atoms with Crippen molar-refractivity contribution in [2.45, 2.75) is 0 Å². The number of hydrogen-bond acceptors (Lipinski definition) is 4. The minimum Gasteiger partial charge on any atom is -0.507 e. The van der Waals surface area contributed by atoms with Crippen LogP contribution in [0.15, 0.2) is 85.5 Å². The van der Waals surface area contributed by atoms with Gasteiger partial charge in [0.1, 0.15) is 11.5 Å². The third-order valence-corrected chi connectivity index (χ3v) is 4.46. The van der Waals surface area contributed by atoms with E-state index in [1.807, 2.05) is 12.1 Å². The molecule has 0 bridgehead atoms. The molecule has 0 radical (unpaired) electrons. The van der Waals surface area contributed by atoms with E-state index in [1.165, 1.54) is 24.3 Å². The molecule has 0 unspecified atom stereocenters. The first-order valence-corrected chi connectivity index (χ1v) is 8.60. The lowest BCUT2D eigenvalue weighted by atomic mass is 10.0. The molecule has 4 N–H and O–H groups in total. The highest BCUT2D eigenvalue weighted by Crippen LogP contribution is 2.41. The van der Waals surface area contributed by atoms with Crippen LogP contribution in [0.1, 0.15) is 0 Å². The van der Waals surface area contributed by atoms with Gasteiger partial charge in [0.2, 0.25) is 0 Å². The highest BCUT2D eigenvalue weighted by Gasteiger charge is 2.22. The van der Waals surface area contributed by atoms with E-state index in [0.717, 1.165) is 0 Å². The molecular weight excluding hydrogens is 356 g/mol. The summed E-state index contributed by atoms with van der Waals surface area (Å²) in [5.74, 6) is -0.438. The van der Waals surface area contributed by atoms with E-state index in [9.17, 15) is 20.4 Å². The van der Waals surface area contributed by atoms with Gasteiger partial charge in [0.05, 0.1) is 12.1 Å². The van der Waals surface area contributed by atoms with Crippen LogP contribution >= 0.6 is 0 Å². The van der Waals surface area contributed by atoms with Crippen molar-refractivity contribution in [3.05, 3.63) is 85.5 Å².